The van der Waals surface area contributed by atoms with Crippen molar-refractivity contribution >= 4 is 29.3 Å². The molecule has 30 heavy (non-hydrogen) atoms. The van der Waals surface area contributed by atoms with E-state index in [0.717, 1.165) is 34.4 Å². The second-order valence-electron chi connectivity index (χ2n) is 7.67. The number of carbonyl (C=O) groups is 2. The first-order valence-electron chi connectivity index (χ1n) is 10.8. The van der Waals surface area contributed by atoms with Gasteiger partial charge in [0.05, 0.1) is 6.54 Å². The summed E-state index contributed by atoms with van der Waals surface area (Å²) in [6.07, 6.45) is 8.63. The number of thiophene rings is 1. The zero-order chi connectivity index (χ0) is 21.9. The summed E-state index contributed by atoms with van der Waals surface area (Å²) in [5.74, 6) is -0.661. The van der Waals surface area contributed by atoms with Gasteiger partial charge in [-0.15, -0.1) is 11.3 Å². The normalized spacial score (nSPS) is 11.5. The number of aliphatic carboxylic acids is 1. The molecule has 0 spiro atoms. The van der Waals surface area contributed by atoms with E-state index in [9.17, 15) is 9.59 Å². The van der Waals surface area contributed by atoms with E-state index >= 15 is 0 Å². The second-order valence-corrected chi connectivity index (χ2v) is 8.66. The van der Waals surface area contributed by atoms with Gasteiger partial charge in [-0.25, -0.2) is 4.79 Å². The van der Waals surface area contributed by atoms with Crippen molar-refractivity contribution in [1.29, 1.82) is 0 Å². The summed E-state index contributed by atoms with van der Waals surface area (Å²) in [6, 6.07) is 10.0. The number of hydrogen-bond acceptors (Lipinski definition) is 3. The highest BCUT2D eigenvalue weighted by atomic mass is 32.1. The van der Waals surface area contributed by atoms with Crippen LogP contribution in [0.4, 0.5) is 0 Å². The summed E-state index contributed by atoms with van der Waals surface area (Å²) in [5, 5.41) is 11.3. The molecule has 0 aliphatic heterocycles. The summed E-state index contributed by atoms with van der Waals surface area (Å²) >= 11 is 1.66. The Labute approximate surface area is 184 Å². The van der Waals surface area contributed by atoms with Crippen LogP contribution in [-0.2, 0) is 16.1 Å². The van der Waals surface area contributed by atoms with Gasteiger partial charge >= 0.3 is 5.97 Å². The van der Waals surface area contributed by atoms with Crippen molar-refractivity contribution in [3.8, 4) is 11.1 Å². The number of carboxylic acids is 1. The van der Waals surface area contributed by atoms with E-state index in [4.69, 9.17) is 5.11 Å². The molecule has 0 saturated carbocycles. The highest BCUT2D eigenvalue weighted by Crippen LogP contribution is 2.27. The molecule has 0 fully saturated rings. The van der Waals surface area contributed by atoms with Crippen molar-refractivity contribution in [2.75, 3.05) is 7.05 Å². The van der Waals surface area contributed by atoms with Crippen LogP contribution >= 0.6 is 11.3 Å². The summed E-state index contributed by atoms with van der Waals surface area (Å²) in [4.78, 5) is 26.5. The molecule has 162 valence electrons. The molecular weight excluding hydrogens is 394 g/mol. The molecule has 4 nitrogen and oxygen atoms in total. The molecule has 5 heteroatoms. The number of benzene rings is 1. The lowest BCUT2D eigenvalue weighted by atomic mass is 10.0. The van der Waals surface area contributed by atoms with Gasteiger partial charge in [0.1, 0.15) is 0 Å². The Morgan fingerprint density at radius 2 is 1.73 bits per heavy atom. The molecule has 0 unspecified atom stereocenters. The topological polar surface area (TPSA) is 57.6 Å². The van der Waals surface area contributed by atoms with Crippen molar-refractivity contribution in [1.82, 2.24) is 4.90 Å². The van der Waals surface area contributed by atoms with Gasteiger partial charge in [0.25, 0.3) is 0 Å². The molecular formula is C25H33NO3S. The molecule has 0 saturated heterocycles. The average molecular weight is 428 g/mol. The van der Waals surface area contributed by atoms with Crippen LogP contribution in [0.15, 0.2) is 41.3 Å². The SMILES string of the molecule is CCCCCCCC(=O)N(C)Cc1cc(-c2ccc(/C=C(/CC)C(=O)O)cc2)cs1. The lowest BCUT2D eigenvalue weighted by molar-refractivity contribution is -0.133. The zero-order valence-corrected chi connectivity index (χ0v) is 19.1. The predicted octanol–water partition coefficient (Wildman–Crippen LogP) is 6.61. The van der Waals surface area contributed by atoms with E-state index in [1.807, 2.05) is 43.1 Å². The lowest BCUT2D eigenvalue weighted by Crippen LogP contribution is -2.25. The fourth-order valence-electron chi connectivity index (χ4n) is 3.30. The molecule has 1 N–H and O–H groups in total. The summed E-state index contributed by atoms with van der Waals surface area (Å²) in [6.45, 7) is 4.68. The molecule has 1 aromatic carbocycles. The number of carbonyl (C=O) groups excluding carboxylic acids is 1. The van der Waals surface area contributed by atoms with E-state index in [-0.39, 0.29) is 5.91 Å². The Kier molecular flexibility index (Phi) is 9.81. The van der Waals surface area contributed by atoms with Crippen LogP contribution in [0.3, 0.4) is 0 Å². The number of amides is 1. The number of carboxylic acid groups (broad SMARTS) is 1. The van der Waals surface area contributed by atoms with Crippen molar-refractivity contribution in [3.63, 3.8) is 0 Å². The van der Waals surface area contributed by atoms with Gasteiger partial charge < -0.3 is 10.0 Å². The maximum Gasteiger partial charge on any atom is 0.331 e. The fraction of sp³-hybridized carbons (Fsp3) is 0.440. The molecule has 2 aromatic rings. The van der Waals surface area contributed by atoms with E-state index in [1.165, 1.54) is 19.3 Å². The highest BCUT2D eigenvalue weighted by Gasteiger charge is 2.11. The monoisotopic (exact) mass is 427 g/mol. The van der Waals surface area contributed by atoms with Gasteiger partial charge in [-0.2, -0.15) is 0 Å². The third kappa shape index (κ3) is 7.45. The van der Waals surface area contributed by atoms with E-state index in [1.54, 1.807) is 17.4 Å². The number of unbranched alkanes of at least 4 members (excludes halogenated alkanes) is 4. The molecule has 2 rings (SSSR count). The maximum atomic E-state index is 12.3. The first kappa shape index (κ1) is 23.9. The minimum atomic E-state index is -0.872. The highest BCUT2D eigenvalue weighted by molar-refractivity contribution is 7.10. The van der Waals surface area contributed by atoms with Crippen LogP contribution < -0.4 is 0 Å². The van der Waals surface area contributed by atoms with Gasteiger partial charge in [0.2, 0.25) is 5.91 Å². The van der Waals surface area contributed by atoms with Crippen molar-refractivity contribution in [2.45, 2.75) is 65.3 Å². The summed E-state index contributed by atoms with van der Waals surface area (Å²) in [5.41, 5.74) is 3.50. The number of nitrogens with zero attached hydrogens (tertiary/aromatic N) is 1. The van der Waals surface area contributed by atoms with Crippen molar-refractivity contribution < 1.29 is 14.7 Å². The molecule has 1 heterocycles. The lowest BCUT2D eigenvalue weighted by Gasteiger charge is -2.16. The Bertz CT molecular complexity index is 852. The molecule has 0 radical (unpaired) electrons. The third-order valence-corrected chi connectivity index (χ3v) is 6.13. The Morgan fingerprint density at radius 3 is 2.37 bits per heavy atom. The molecule has 0 atom stereocenters. The van der Waals surface area contributed by atoms with Gasteiger partial charge in [0, 0.05) is 23.9 Å². The van der Waals surface area contributed by atoms with Gasteiger partial charge in [-0.3, -0.25) is 4.79 Å². The van der Waals surface area contributed by atoms with Crippen LogP contribution in [0.5, 0.6) is 0 Å². The standard InChI is InChI=1S/C25H33NO3S/c1-4-6-7-8-9-10-24(27)26(3)17-23-16-22(18-30-23)21-13-11-19(12-14-21)15-20(5-2)25(28)29/h11-16,18H,4-10,17H2,1-3H3,(H,28,29)/b20-15-. The molecule has 1 amide bonds. The largest absolute Gasteiger partial charge is 0.478 e. The fourth-order valence-corrected chi connectivity index (χ4v) is 4.24. The summed E-state index contributed by atoms with van der Waals surface area (Å²) in [7, 11) is 1.88. The van der Waals surface area contributed by atoms with Crippen LogP contribution in [0, 0.1) is 0 Å². The van der Waals surface area contributed by atoms with E-state index in [2.05, 4.69) is 18.4 Å². The Hall–Kier alpha value is -2.40. The molecule has 1 aromatic heterocycles. The first-order chi connectivity index (χ1) is 14.4. The minimum absolute atomic E-state index is 0.211. The number of hydrogen-bond donors (Lipinski definition) is 1. The quantitative estimate of drug-likeness (QED) is 0.306. The van der Waals surface area contributed by atoms with E-state index < -0.39 is 5.97 Å². The van der Waals surface area contributed by atoms with Crippen molar-refractivity contribution in [3.05, 3.63) is 51.7 Å². The van der Waals surface area contributed by atoms with Gasteiger partial charge in [-0.1, -0.05) is 63.8 Å². The third-order valence-electron chi connectivity index (χ3n) is 5.21. The summed E-state index contributed by atoms with van der Waals surface area (Å²) < 4.78 is 0. The van der Waals surface area contributed by atoms with E-state index in [0.29, 0.717) is 25.0 Å². The van der Waals surface area contributed by atoms with Crippen LogP contribution in [0.1, 0.15) is 69.2 Å². The van der Waals surface area contributed by atoms with Crippen molar-refractivity contribution in [2.24, 2.45) is 0 Å². The zero-order valence-electron chi connectivity index (χ0n) is 18.3. The van der Waals surface area contributed by atoms with Gasteiger partial charge in [-0.05, 0) is 47.1 Å². The first-order valence-corrected chi connectivity index (χ1v) is 11.7. The van der Waals surface area contributed by atoms with Crippen LogP contribution in [-0.4, -0.2) is 28.9 Å². The predicted molar refractivity (Wildman–Crippen MR) is 126 cm³/mol. The Morgan fingerprint density at radius 1 is 1.03 bits per heavy atom. The molecule has 0 aliphatic carbocycles. The van der Waals surface area contributed by atoms with Crippen LogP contribution in [0.2, 0.25) is 0 Å². The maximum absolute atomic E-state index is 12.3. The molecule has 0 bridgehead atoms. The molecule has 0 aliphatic rings. The second kappa shape index (κ2) is 12.3. The smallest absolute Gasteiger partial charge is 0.331 e. The van der Waals surface area contributed by atoms with Gasteiger partial charge in [0.15, 0.2) is 0 Å². The Balaban J connectivity index is 1.93. The van der Waals surface area contributed by atoms with Crippen LogP contribution in [0.25, 0.3) is 17.2 Å². The number of rotatable bonds is 12. The average Bonchev–Trinajstić information content (AvgIpc) is 3.20. The minimum Gasteiger partial charge on any atom is -0.478 e.